The lowest BCUT2D eigenvalue weighted by Crippen LogP contribution is -2.29. The molecule has 0 saturated carbocycles. The molecule has 0 radical (unpaired) electrons. The van der Waals surface area contributed by atoms with Crippen molar-refractivity contribution in [3.8, 4) is 0 Å². The van der Waals surface area contributed by atoms with Crippen molar-refractivity contribution in [2.24, 2.45) is 17.6 Å². The highest BCUT2D eigenvalue weighted by molar-refractivity contribution is 7.80. The summed E-state index contributed by atoms with van der Waals surface area (Å²) < 4.78 is 0. The van der Waals surface area contributed by atoms with Gasteiger partial charge in [0.15, 0.2) is 0 Å². The molecule has 0 aromatic heterocycles. The van der Waals surface area contributed by atoms with Gasteiger partial charge in [-0.1, -0.05) is 39.9 Å². The minimum atomic E-state index is 0.651. The first-order valence-corrected chi connectivity index (χ1v) is 7.33. The standard InChI is InChI=1S/C14H30N2S/c1-12(2)7-10-16(11-8-13(3)4)9-5-6-14(15)17/h12-13H,5-11H2,1-4H3,(H2,15,17). The Labute approximate surface area is 113 Å². The molecule has 0 aliphatic carbocycles. The van der Waals surface area contributed by atoms with Crippen LogP contribution in [0.3, 0.4) is 0 Å². The van der Waals surface area contributed by atoms with Crippen LogP contribution >= 0.6 is 12.2 Å². The molecule has 0 heterocycles. The van der Waals surface area contributed by atoms with Crippen molar-refractivity contribution in [3.63, 3.8) is 0 Å². The molecular formula is C14H30N2S. The van der Waals surface area contributed by atoms with E-state index in [1.165, 1.54) is 25.9 Å². The van der Waals surface area contributed by atoms with E-state index in [9.17, 15) is 0 Å². The highest BCUT2D eigenvalue weighted by atomic mass is 32.1. The van der Waals surface area contributed by atoms with Crippen LogP contribution in [0.1, 0.15) is 53.4 Å². The van der Waals surface area contributed by atoms with E-state index in [0.29, 0.717) is 4.99 Å². The first-order chi connectivity index (χ1) is 7.91. The predicted molar refractivity (Wildman–Crippen MR) is 81.4 cm³/mol. The van der Waals surface area contributed by atoms with Crippen molar-refractivity contribution < 1.29 is 0 Å². The van der Waals surface area contributed by atoms with E-state index in [0.717, 1.165) is 31.2 Å². The Kier molecular flexibility index (Phi) is 9.75. The second-order valence-electron chi connectivity index (χ2n) is 5.78. The topological polar surface area (TPSA) is 29.3 Å². The minimum absolute atomic E-state index is 0.651. The smallest absolute Gasteiger partial charge is 0.0727 e. The first kappa shape index (κ1) is 16.9. The molecule has 102 valence electrons. The largest absolute Gasteiger partial charge is 0.393 e. The number of hydrogen-bond acceptors (Lipinski definition) is 2. The van der Waals surface area contributed by atoms with Gasteiger partial charge in [-0.2, -0.15) is 0 Å². The number of nitrogens with two attached hydrogens (primary N) is 1. The van der Waals surface area contributed by atoms with E-state index >= 15 is 0 Å². The van der Waals surface area contributed by atoms with Gasteiger partial charge < -0.3 is 10.6 Å². The summed E-state index contributed by atoms with van der Waals surface area (Å²) in [6, 6.07) is 0. The molecule has 17 heavy (non-hydrogen) atoms. The molecule has 0 saturated heterocycles. The average molecular weight is 258 g/mol. The molecule has 0 aromatic carbocycles. The van der Waals surface area contributed by atoms with Crippen molar-refractivity contribution >= 4 is 17.2 Å². The second-order valence-corrected chi connectivity index (χ2v) is 6.30. The predicted octanol–water partition coefficient (Wildman–Crippen LogP) is 3.45. The van der Waals surface area contributed by atoms with Crippen LogP contribution in [0.15, 0.2) is 0 Å². The van der Waals surface area contributed by atoms with Crippen LogP contribution in [0.5, 0.6) is 0 Å². The van der Waals surface area contributed by atoms with Crippen molar-refractivity contribution in [2.75, 3.05) is 19.6 Å². The van der Waals surface area contributed by atoms with Crippen molar-refractivity contribution in [1.82, 2.24) is 4.90 Å². The molecule has 0 fully saturated rings. The SMILES string of the molecule is CC(C)CCN(CCCC(N)=S)CCC(C)C. The molecule has 0 amide bonds. The highest BCUT2D eigenvalue weighted by Crippen LogP contribution is 2.07. The third kappa shape index (κ3) is 12.1. The summed E-state index contributed by atoms with van der Waals surface area (Å²) in [6.45, 7) is 12.7. The van der Waals surface area contributed by atoms with E-state index in [1.807, 2.05) is 0 Å². The first-order valence-electron chi connectivity index (χ1n) is 6.92. The van der Waals surface area contributed by atoms with Crippen LogP contribution in [0.4, 0.5) is 0 Å². The number of nitrogens with zero attached hydrogens (tertiary/aromatic N) is 1. The maximum atomic E-state index is 5.54. The normalized spacial score (nSPS) is 11.7. The van der Waals surface area contributed by atoms with Crippen molar-refractivity contribution in [1.29, 1.82) is 0 Å². The summed E-state index contributed by atoms with van der Waals surface area (Å²) in [5.74, 6) is 1.57. The third-order valence-electron chi connectivity index (χ3n) is 2.94. The van der Waals surface area contributed by atoms with Gasteiger partial charge in [-0.25, -0.2) is 0 Å². The average Bonchev–Trinajstić information content (AvgIpc) is 2.20. The minimum Gasteiger partial charge on any atom is -0.393 e. The molecule has 3 heteroatoms. The zero-order valence-corrected chi connectivity index (χ0v) is 12.9. The van der Waals surface area contributed by atoms with E-state index in [4.69, 9.17) is 18.0 Å². The van der Waals surface area contributed by atoms with Crippen LogP contribution in [0.25, 0.3) is 0 Å². The van der Waals surface area contributed by atoms with E-state index in [2.05, 4.69) is 32.6 Å². The summed E-state index contributed by atoms with van der Waals surface area (Å²) in [5, 5.41) is 0. The van der Waals surface area contributed by atoms with Gasteiger partial charge in [0.1, 0.15) is 0 Å². The Morgan fingerprint density at radius 1 is 1.00 bits per heavy atom. The molecule has 0 rings (SSSR count). The maximum absolute atomic E-state index is 5.54. The van der Waals surface area contributed by atoms with Gasteiger partial charge in [0.25, 0.3) is 0 Å². The van der Waals surface area contributed by atoms with Crippen LogP contribution in [-0.4, -0.2) is 29.5 Å². The molecule has 2 N–H and O–H groups in total. The van der Waals surface area contributed by atoms with Gasteiger partial charge in [-0.05, 0) is 57.2 Å². The summed E-state index contributed by atoms with van der Waals surface area (Å²) in [7, 11) is 0. The Hall–Kier alpha value is -0.150. The Balaban J connectivity index is 3.87. The molecule has 2 nitrogen and oxygen atoms in total. The Bertz CT molecular complexity index is 190. The number of rotatable bonds is 10. The molecule has 0 aliphatic rings. The lowest BCUT2D eigenvalue weighted by atomic mass is 10.1. The molecule has 0 atom stereocenters. The summed E-state index contributed by atoms with van der Waals surface area (Å²) in [4.78, 5) is 3.22. The summed E-state index contributed by atoms with van der Waals surface area (Å²) >= 11 is 4.92. The lowest BCUT2D eigenvalue weighted by molar-refractivity contribution is 0.242. The lowest BCUT2D eigenvalue weighted by Gasteiger charge is -2.24. The number of hydrogen-bond donors (Lipinski definition) is 1. The van der Waals surface area contributed by atoms with Gasteiger partial charge in [-0.3, -0.25) is 0 Å². The van der Waals surface area contributed by atoms with Crippen LogP contribution in [0.2, 0.25) is 0 Å². The van der Waals surface area contributed by atoms with Crippen LogP contribution < -0.4 is 5.73 Å². The molecule has 0 spiro atoms. The third-order valence-corrected chi connectivity index (χ3v) is 3.15. The Morgan fingerprint density at radius 3 is 1.82 bits per heavy atom. The van der Waals surface area contributed by atoms with Crippen molar-refractivity contribution in [2.45, 2.75) is 53.4 Å². The van der Waals surface area contributed by atoms with E-state index in [1.54, 1.807) is 0 Å². The molecule has 0 bridgehead atoms. The van der Waals surface area contributed by atoms with E-state index in [-0.39, 0.29) is 0 Å². The summed E-state index contributed by atoms with van der Waals surface area (Å²) in [5.41, 5.74) is 5.54. The molecular weight excluding hydrogens is 228 g/mol. The fourth-order valence-electron chi connectivity index (χ4n) is 1.69. The highest BCUT2D eigenvalue weighted by Gasteiger charge is 2.07. The zero-order chi connectivity index (χ0) is 13.3. The second kappa shape index (κ2) is 9.84. The molecule has 0 aromatic rings. The van der Waals surface area contributed by atoms with Gasteiger partial charge >= 0.3 is 0 Å². The van der Waals surface area contributed by atoms with Crippen molar-refractivity contribution in [3.05, 3.63) is 0 Å². The fraction of sp³-hybridized carbons (Fsp3) is 0.929. The number of thiocarbonyl (C=S) groups is 1. The van der Waals surface area contributed by atoms with Gasteiger partial charge in [0, 0.05) is 0 Å². The quantitative estimate of drug-likeness (QED) is 0.609. The monoisotopic (exact) mass is 258 g/mol. The molecule has 0 aliphatic heterocycles. The van der Waals surface area contributed by atoms with Crippen LogP contribution in [0, 0.1) is 11.8 Å². The molecule has 0 unspecified atom stereocenters. The Morgan fingerprint density at radius 2 is 1.47 bits per heavy atom. The van der Waals surface area contributed by atoms with Crippen LogP contribution in [-0.2, 0) is 0 Å². The van der Waals surface area contributed by atoms with Gasteiger partial charge in [0.2, 0.25) is 0 Å². The fourth-order valence-corrected chi connectivity index (χ4v) is 1.84. The summed E-state index contributed by atoms with van der Waals surface area (Å²) in [6.07, 6.45) is 4.55. The maximum Gasteiger partial charge on any atom is 0.0727 e. The van der Waals surface area contributed by atoms with E-state index < -0.39 is 0 Å². The van der Waals surface area contributed by atoms with Gasteiger partial charge in [0.05, 0.1) is 4.99 Å². The van der Waals surface area contributed by atoms with Gasteiger partial charge in [-0.15, -0.1) is 0 Å². The zero-order valence-electron chi connectivity index (χ0n) is 12.0.